The van der Waals surface area contributed by atoms with Gasteiger partial charge in [0.25, 0.3) is 0 Å². The van der Waals surface area contributed by atoms with E-state index < -0.39 is 5.97 Å². The fourth-order valence-electron chi connectivity index (χ4n) is 4.41. The van der Waals surface area contributed by atoms with Gasteiger partial charge in [0, 0.05) is 0 Å². The molecule has 0 radical (unpaired) electrons. The van der Waals surface area contributed by atoms with Crippen LogP contribution in [-0.2, 0) is 17.9 Å². The molecule has 0 amide bonds. The number of rotatable bonds is 8. The quantitative estimate of drug-likeness (QED) is 0.518. The summed E-state index contributed by atoms with van der Waals surface area (Å²) in [6, 6.07) is 4.96. The molecule has 11 heteroatoms. The van der Waals surface area contributed by atoms with Crippen LogP contribution in [0.15, 0.2) is 23.0 Å². The minimum Gasteiger partial charge on any atom is -0.489 e. The summed E-state index contributed by atoms with van der Waals surface area (Å²) in [6.45, 7) is 2.49. The molecule has 2 aliphatic carbocycles. The van der Waals surface area contributed by atoms with Crippen LogP contribution in [-0.4, -0.2) is 42.0 Å². The van der Waals surface area contributed by atoms with Crippen LogP contribution in [0.3, 0.4) is 0 Å². The lowest BCUT2D eigenvalue weighted by molar-refractivity contribution is -0.143. The van der Waals surface area contributed by atoms with Gasteiger partial charge in [-0.05, 0) is 85.6 Å². The van der Waals surface area contributed by atoms with Crippen LogP contribution in [0.5, 0.6) is 5.75 Å². The van der Waals surface area contributed by atoms with Gasteiger partial charge in [0.2, 0.25) is 0 Å². The maximum absolute atomic E-state index is 14.2. The molecule has 0 aliphatic heterocycles. The molecular formula is C23H26FN5O4S. The van der Waals surface area contributed by atoms with E-state index in [9.17, 15) is 19.1 Å². The van der Waals surface area contributed by atoms with Crippen LogP contribution >= 0.6 is 11.3 Å². The monoisotopic (exact) mass is 487 g/mol. The summed E-state index contributed by atoms with van der Waals surface area (Å²) in [7, 11) is 0. The van der Waals surface area contributed by atoms with E-state index in [1.54, 1.807) is 12.1 Å². The van der Waals surface area contributed by atoms with Crippen LogP contribution < -0.4 is 10.4 Å². The third-order valence-corrected chi connectivity index (χ3v) is 7.45. The number of carboxylic acids is 1. The van der Waals surface area contributed by atoms with Gasteiger partial charge in [0.15, 0.2) is 5.13 Å². The number of hydrogen-bond donors (Lipinski definition) is 1. The molecular weight excluding hydrogens is 461 g/mol. The number of carboxylic acid groups (broad SMARTS) is 1. The van der Waals surface area contributed by atoms with E-state index in [1.165, 1.54) is 15.4 Å². The maximum Gasteiger partial charge on any atom is 0.363 e. The summed E-state index contributed by atoms with van der Waals surface area (Å²) in [5.41, 5.74) is 1.53. The van der Waals surface area contributed by atoms with Crippen molar-refractivity contribution in [2.75, 3.05) is 0 Å². The summed E-state index contributed by atoms with van der Waals surface area (Å²) < 4.78 is 22.9. The second-order valence-electron chi connectivity index (χ2n) is 9.17. The first-order valence-electron chi connectivity index (χ1n) is 11.5. The first-order valence-corrected chi connectivity index (χ1v) is 12.4. The largest absolute Gasteiger partial charge is 0.489 e. The number of halogens is 1. The first-order chi connectivity index (χ1) is 16.4. The van der Waals surface area contributed by atoms with Crippen molar-refractivity contribution in [2.24, 2.45) is 11.8 Å². The molecule has 0 saturated heterocycles. The SMILES string of the molecule is Cc1nc(-c2sc(F)cc2Cn2nnn(CC3CC3)c2=O)ccc1O[C@H]1CCCC(C(=O)O)C1. The van der Waals surface area contributed by atoms with E-state index in [4.69, 9.17) is 4.74 Å². The molecule has 0 bridgehead atoms. The summed E-state index contributed by atoms with van der Waals surface area (Å²) in [6.07, 6.45) is 4.81. The molecule has 2 aliphatic rings. The standard InChI is InChI=1S/C23H26FN5O4S/c1-13-19(33-17-4-2-3-15(9-17)22(30)31)8-7-18(25-13)21-16(10-20(24)34-21)12-29-23(32)28(26-27-29)11-14-5-6-14/h7-8,10,14-15,17H,2-6,9,11-12H2,1H3,(H,30,31)/t15?,17-/m0/s1. The molecule has 1 N–H and O–H groups in total. The van der Waals surface area contributed by atoms with Crippen LogP contribution in [0.1, 0.15) is 49.8 Å². The van der Waals surface area contributed by atoms with Crippen molar-refractivity contribution in [1.29, 1.82) is 0 Å². The second kappa shape index (κ2) is 9.28. The Labute approximate surface area is 199 Å². The number of thiophene rings is 1. The zero-order valence-electron chi connectivity index (χ0n) is 18.8. The van der Waals surface area contributed by atoms with Crippen molar-refractivity contribution in [3.8, 4) is 16.3 Å². The number of aliphatic carboxylic acids is 1. The van der Waals surface area contributed by atoms with Gasteiger partial charge in [-0.15, -0.1) is 11.3 Å². The van der Waals surface area contributed by atoms with Crippen molar-refractivity contribution in [3.63, 3.8) is 0 Å². The zero-order valence-corrected chi connectivity index (χ0v) is 19.6. The molecule has 180 valence electrons. The Bertz CT molecular complexity index is 1260. The van der Waals surface area contributed by atoms with Gasteiger partial charge < -0.3 is 9.84 Å². The average Bonchev–Trinajstić information content (AvgIpc) is 3.47. The van der Waals surface area contributed by atoms with E-state index in [0.717, 1.165) is 37.0 Å². The van der Waals surface area contributed by atoms with Gasteiger partial charge >= 0.3 is 11.7 Å². The molecule has 3 heterocycles. The minimum absolute atomic E-state index is 0.108. The van der Waals surface area contributed by atoms with E-state index in [-0.39, 0.29) is 29.4 Å². The van der Waals surface area contributed by atoms with Crippen LogP contribution in [0, 0.1) is 23.9 Å². The Hall–Kier alpha value is -3.08. The van der Waals surface area contributed by atoms with E-state index >= 15 is 0 Å². The molecule has 3 aromatic heterocycles. The predicted molar refractivity (Wildman–Crippen MR) is 122 cm³/mol. The highest BCUT2D eigenvalue weighted by Gasteiger charge is 2.29. The Morgan fingerprint density at radius 2 is 2.03 bits per heavy atom. The Morgan fingerprint density at radius 1 is 1.24 bits per heavy atom. The van der Waals surface area contributed by atoms with Crippen molar-refractivity contribution in [3.05, 3.63) is 45.1 Å². The van der Waals surface area contributed by atoms with Gasteiger partial charge in [-0.25, -0.2) is 9.78 Å². The Morgan fingerprint density at radius 3 is 2.76 bits per heavy atom. The smallest absolute Gasteiger partial charge is 0.363 e. The fourth-order valence-corrected chi connectivity index (χ4v) is 5.28. The first kappa shape index (κ1) is 22.7. The predicted octanol–water partition coefficient (Wildman–Crippen LogP) is 3.49. The van der Waals surface area contributed by atoms with Crippen molar-refractivity contribution < 1.29 is 19.0 Å². The van der Waals surface area contributed by atoms with Gasteiger partial charge in [-0.2, -0.15) is 13.8 Å². The summed E-state index contributed by atoms with van der Waals surface area (Å²) >= 11 is 0.968. The zero-order chi connectivity index (χ0) is 23.8. The molecule has 9 nitrogen and oxygen atoms in total. The molecule has 2 atom stereocenters. The third-order valence-electron chi connectivity index (χ3n) is 6.46. The lowest BCUT2D eigenvalue weighted by Crippen LogP contribution is -2.29. The molecule has 34 heavy (non-hydrogen) atoms. The number of hydrogen-bond acceptors (Lipinski definition) is 7. The molecule has 0 aromatic carbocycles. The second-order valence-corrected chi connectivity index (χ2v) is 10.2. The third kappa shape index (κ3) is 4.89. The normalized spacial score (nSPS) is 20.4. The molecule has 0 spiro atoms. The molecule has 3 aromatic rings. The van der Waals surface area contributed by atoms with Crippen molar-refractivity contribution in [1.82, 2.24) is 24.8 Å². The Balaban J connectivity index is 1.33. The number of nitrogens with zero attached hydrogens (tertiary/aromatic N) is 5. The van der Waals surface area contributed by atoms with Gasteiger partial charge in [0.1, 0.15) is 5.75 Å². The van der Waals surface area contributed by atoms with E-state index in [1.807, 2.05) is 6.92 Å². The maximum atomic E-state index is 14.2. The molecule has 2 saturated carbocycles. The van der Waals surface area contributed by atoms with Crippen LogP contribution in [0.4, 0.5) is 4.39 Å². The van der Waals surface area contributed by atoms with Crippen LogP contribution in [0.2, 0.25) is 0 Å². The van der Waals surface area contributed by atoms with Crippen molar-refractivity contribution >= 4 is 17.3 Å². The topological polar surface area (TPSA) is 112 Å². The Kier molecular flexibility index (Phi) is 6.20. The average molecular weight is 488 g/mol. The number of aryl methyl sites for hydroxylation is 1. The fraction of sp³-hybridized carbons (Fsp3) is 0.522. The summed E-state index contributed by atoms with van der Waals surface area (Å²) in [4.78, 5) is 29.2. The summed E-state index contributed by atoms with van der Waals surface area (Å²) in [5, 5.41) is 16.9. The highest BCUT2D eigenvalue weighted by atomic mass is 32.1. The van der Waals surface area contributed by atoms with Crippen molar-refractivity contribution in [2.45, 2.75) is 64.6 Å². The van der Waals surface area contributed by atoms with Gasteiger partial charge in [0.05, 0.1) is 41.4 Å². The lowest BCUT2D eigenvalue weighted by Gasteiger charge is -2.27. The molecule has 1 unspecified atom stereocenters. The highest BCUT2D eigenvalue weighted by molar-refractivity contribution is 7.14. The number of pyridine rings is 1. The van der Waals surface area contributed by atoms with Gasteiger partial charge in [-0.3, -0.25) is 4.79 Å². The number of ether oxygens (including phenoxy) is 1. The number of tetrazole rings is 1. The van der Waals surface area contributed by atoms with E-state index in [0.29, 0.717) is 52.9 Å². The minimum atomic E-state index is -0.780. The van der Waals surface area contributed by atoms with E-state index in [2.05, 4.69) is 15.4 Å². The van der Waals surface area contributed by atoms with Gasteiger partial charge in [-0.1, -0.05) is 0 Å². The number of carbonyl (C=O) groups is 1. The molecule has 5 rings (SSSR count). The lowest BCUT2D eigenvalue weighted by atomic mass is 9.87. The van der Waals surface area contributed by atoms with Crippen LogP contribution in [0.25, 0.3) is 10.6 Å². The highest BCUT2D eigenvalue weighted by Crippen LogP contribution is 2.34. The number of aromatic nitrogens is 5. The molecule has 2 fully saturated rings. The summed E-state index contributed by atoms with van der Waals surface area (Å²) in [5.74, 6) is -0.0721.